The van der Waals surface area contributed by atoms with Crippen LogP contribution >= 0.6 is 27.3 Å². The van der Waals surface area contributed by atoms with Gasteiger partial charge < -0.3 is 5.11 Å². The maximum Gasteiger partial charge on any atom is 0.123 e. The Kier molecular flexibility index (Phi) is 2.48. The van der Waals surface area contributed by atoms with Crippen LogP contribution < -0.4 is 0 Å². The minimum Gasteiger partial charge on any atom is -0.386 e. The molecule has 12 heavy (non-hydrogen) atoms. The number of aliphatic hydroxyl groups is 1. The topological polar surface area (TPSA) is 33.1 Å². The predicted octanol–water partition coefficient (Wildman–Crippen LogP) is 2.74. The van der Waals surface area contributed by atoms with Crippen molar-refractivity contribution in [2.75, 3.05) is 0 Å². The molecule has 0 spiro atoms. The summed E-state index contributed by atoms with van der Waals surface area (Å²) in [5, 5.41) is 12.5. The Hall–Kier alpha value is 0.0700. The lowest BCUT2D eigenvalue weighted by atomic mass is 9.81. The molecule has 1 aliphatic rings. The van der Waals surface area contributed by atoms with Gasteiger partial charge in [-0.15, -0.1) is 11.3 Å². The molecule has 0 aromatic carbocycles. The molecule has 1 aromatic heterocycles. The fraction of sp³-hybridized carbons (Fsp3) is 0.625. The van der Waals surface area contributed by atoms with Gasteiger partial charge in [0.2, 0.25) is 0 Å². The van der Waals surface area contributed by atoms with E-state index in [0.29, 0.717) is 5.92 Å². The van der Waals surface area contributed by atoms with Crippen molar-refractivity contribution in [2.45, 2.75) is 25.4 Å². The van der Waals surface area contributed by atoms with Crippen molar-refractivity contribution in [2.24, 2.45) is 5.92 Å². The highest BCUT2D eigenvalue weighted by atomic mass is 79.9. The molecule has 66 valence electrons. The Labute approximate surface area is 83.8 Å². The normalized spacial score (nSPS) is 20.5. The van der Waals surface area contributed by atoms with Gasteiger partial charge in [-0.25, -0.2) is 4.98 Å². The summed E-state index contributed by atoms with van der Waals surface area (Å²) in [7, 11) is 0. The highest BCUT2D eigenvalue weighted by Gasteiger charge is 2.28. The van der Waals surface area contributed by atoms with Crippen LogP contribution in [0.3, 0.4) is 0 Å². The third-order valence-electron chi connectivity index (χ3n) is 2.34. The SMILES string of the molecule is OC(c1nc(Br)cs1)C1CCC1. The summed E-state index contributed by atoms with van der Waals surface area (Å²) in [6.45, 7) is 0. The van der Waals surface area contributed by atoms with Crippen LogP contribution in [-0.2, 0) is 0 Å². The zero-order valence-corrected chi connectivity index (χ0v) is 8.94. The van der Waals surface area contributed by atoms with Crippen molar-refractivity contribution >= 4 is 27.3 Å². The van der Waals surface area contributed by atoms with Gasteiger partial charge in [0, 0.05) is 5.38 Å². The fourth-order valence-corrected chi connectivity index (χ4v) is 2.70. The molecule has 2 rings (SSSR count). The Bertz CT molecular complexity index is 272. The minimum absolute atomic E-state index is 0.324. The van der Waals surface area contributed by atoms with E-state index in [4.69, 9.17) is 0 Å². The number of halogens is 1. The highest BCUT2D eigenvalue weighted by molar-refractivity contribution is 9.10. The maximum atomic E-state index is 9.78. The molecule has 1 fully saturated rings. The molecule has 0 bridgehead atoms. The first-order valence-electron chi connectivity index (χ1n) is 4.06. The van der Waals surface area contributed by atoms with Crippen molar-refractivity contribution < 1.29 is 5.11 Å². The lowest BCUT2D eigenvalue weighted by molar-refractivity contribution is 0.0618. The molecule has 2 nitrogen and oxygen atoms in total. The van der Waals surface area contributed by atoms with E-state index < -0.39 is 0 Å². The average molecular weight is 248 g/mol. The molecule has 0 amide bonds. The van der Waals surface area contributed by atoms with Gasteiger partial charge in [-0.2, -0.15) is 0 Å². The summed E-state index contributed by atoms with van der Waals surface area (Å²) >= 11 is 4.80. The number of rotatable bonds is 2. The van der Waals surface area contributed by atoms with Crippen molar-refractivity contribution in [3.63, 3.8) is 0 Å². The molecule has 1 heterocycles. The van der Waals surface area contributed by atoms with E-state index >= 15 is 0 Å². The van der Waals surface area contributed by atoms with Crippen LogP contribution in [0.1, 0.15) is 30.4 Å². The molecule has 1 aliphatic carbocycles. The van der Waals surface area contributed by atoms with E-state index in [1.54, 1.807) is 0 Å². The zero-order valence-electron chi connectivity index (χ0n) is 6.53. The van der Waals surface area contributed by atoms with Gasteiger partial charge in [-0.1, -0.05) is 6.42 Å². The predicted molar refractivity (Wildman–Crippen MR) is 52.1 cm³/mol. The number of thiazole rings is 1. The molecule has 0 radical (unpaired) electrons. The third kappa shape index (κ3) is 1.56. The molecule has 4 heteroatoms. The second-order valence-electron chi connectivity index (χ2n) is 3.14. The van der Waals surface area contributed by atoms with Gasteiger partial charge in [0.05, 0.1) is 0 Å². The van der Waals surface area contributed by atoms with Gasteiger partial charge in [0.1, 0.15) is 15.7 Å². The van der Waals surface area contributed by atoms with Gasteiger partial charge in [0.25, 0.3) is 0 Å². The van der Waals surface area contributed by atoms with E-state index in [0.717, 1.165) is 22.5 Å². The Morgan fingerprint density at radius 1 is 1.67 bits per heavy atom. The Balaban J connectivity index is 2.08. The van der Waals surface area contributed by atoms with Gasteiger partial charge in [0.15, 0.2) is 0 Å². The van der Waals surface area contributed by atoms with Crippen LogP contribution in [0.4, 0.5) is 0 Å². The van der Waals surface area contributed by atoms with Crippen molar-refractivity contribution in [1.29, 1.82) is 0 Å². The summed E-state index contributed by atoms with van der Waals surface area (Å²) < 4.78 is 0.834. The second kappa shape index (κ2) is 3.44. The van der Waals surface area contributed by atoms with Crippen LogP contribution in [0.5, 0.6) is 0 Å². The van der Waals surface area contributed by atoms with Crippen LogP contribution in [0, 0.1) is 5.92 Å². The first-order valence-corrected chi connectivity index (χ1v) is 5.73. The molecule has 1 N–H and O–H groups in total. The van der Waals surface area contributed by atoms with E-state index in [1.807, 2.05) is 5.38 Å². The van der Waals surface area contributed by atoms with E-state index in [-0.39, 0.29) is 6.10 Å². The standard InChI is InChI=1S/C8H10BrNOS/c9-6-4-12-8(10-6)7(11)5-2-1-3-5/h4-5,7,11H,1-3H2. The van der Waals surface area contributed by atoms with Crippen LogP contribution in [0.15, 0.2) is 9.98 Å². The molecule has 0 saturated heterocycles. The smallest absolute Gasteiger partial charge is 0.123 e. The van der Waals surface area contributed by atoms with Crippen molar-refractivity contribution in [3.8, 4) is 0 Å². The molecule has 1 atom stereocenters. The lowest BCUT2D eigenvalue weighted by Crippen LogP contribution is -2.19. The molecule has 0 aliphatic heterocycles. The first kappa shape index (κ1) is 8.66. The summed E-state index contributed by atoms with van der Waals surface area (Å²) in [6.07, 6.45) is 3.24. The van der Waals surface area contributed by atoms with Crippen molar-refractivity contribution in [3.05, 3.63) is 15.0 Å². The number of aliphatic hydroxyl groups excluding tert-OH is 1. The number of nitrogens with zero attached hydrogens (tertiary/aromatic N) is 1. The summed E-state index contributed by atoms with van der Waals surface area (Å²) in [5.41, 5.74) is 0. The van der Waals surface area contributed by atoms with E-state index in [1.165, 1.54) is 17.8 Å². The monoisotopic (exact) mass is 247 g/mol. The van der Waals surface area contributed by atoms with E-state index in [9.17, 15) is 5.11 Å². The van der Waals surface area contributed by atoms with Gasteiger partial charge in [-0.3, -0.25) is 0 Å². The number of hydrogen-bond donors (Lipinski definition) is 1. The van der Waals surface area contributed by atoms with Crippen LogP contribution in [-0.4, -0.2) is 10.1 Å². The summed E-state index contributed by atoms with van der Waals surface area (Å²) in [5.74, 6) is 0.461. The second-order valence-corrected chi connectivity index (χ2v) is 4.85. The maximum absolute atomic E-state index is 9.78. The van der Waals surface area contributed by atoms with Crippen LogP contribution in [0.2, 0.25) is 0 Å². The quantitative estimate of drug-likeness (QED) is 0.872. The van der Waals surface area contributed by atoms with Gasteiger partial charge >= 0.3 is 0 Å². The summed E-state index contributed by atoms with van der Waals surface area (Å²) in [4.78, 5) is 4.20. The van der Waals surface area contributed by atoms with Crippen molar-refractivity contribution in [1.82, 2.24) is 4.98 Å². The van der Waals surface area contributed by atoms with E-state index in [2.05, 4.69) is 20.9 Å². The molecular weight excluding hydrogens is 238 g/mol. The Morgan fingerprint density at radius 3 is 2.83 bits per heavy atom. The third-order valence-corrected chi connectivity index (χ3v) is 3.97. The Morgan fingerprint density at radius 2 is 2.42 bits per heavy atom. The zero-order chi connectivity index (χ0) is 8.55. The fourth-order valence-electron chi connectivity index (χ4n) is 1.36. The summed E-state index contributed by atoms with van der Waals surface area (Å²) in [6, 6.07) is 0. The van der Waals surface area contributed by atoms with Gasteiger partial charge in [-0.05, 0) is 34.7 Å². The molecule has 1 saturated carbocycles. The number of aromatic nitrogens is 1. The lowest BCUT2D eigenvalue weighted by Gasteiger charge is -2.28. The van der Waals surface area contributed by atoms with Crippen LogP contribution in [0.25, 0.3) is 0 Å². The molecular formula is C8H10BrNOS. The molecule has 1 unspecified atom stereocenters. The first-order chi connectivity index (χ1) is 5.77. The molecule has 1 aromatic rings. The minimum atomic E-state index is -0.324. The average Bonchev–Trinajstić information content (AvgIpc) is 2.31. The number of hydrogen-bond acceptors (Lipinski definition) is 3. The highest BCUT2D eigenvalue weighted by Crippen LogP contribution is 2.38. The largest absolute Gasteiger partial charge is 0.386 e.